The molecule has 6 nitrogen and oxygen atoms in total. The lowest BCUT2D eigenvalue weighted by atomic mass is 9.56. The molecule has 6 atom stereocenters. The van der Waals surface area contributed by atoms with Crippen LogP contribution in [0.15, 0.2) is 73.8 Å². The van der Waals surface area contributed by atoms with Gasteiger partial charge in [-0.3, -0.25) is 0 Å². The molecule has 2 bridgehead atoms. The van der Waals surface area contributed by atoms with Crippen LogP contribution in [0.1, 0.15) is 63.5 Å². The zero-order chi connectivity index (χ0) is 29.0. The standard InChI is InChI=1S/C35H42O6/c1-5-27(40-33(36)7-3)21-38-29-15-11-24(12-16-29)35(26-10-9-23-19-32(35)31(23)20-26)25-13-17-30(18-14-25)39-22-28(6-2)41-34(37)8-4/h7-8,11-18,23,26-28,31-32H,3-6,9-10,19-22H2,1-2H3. The van der Waals surface area contributed by atoms with Gasteiger partial charge in [-0.1, -0.05) is 51.3 Å². The molecule has 0 heterocycles. The van der Waals surface area contributed by atoms with Gasteiger partial charge in [-0.2, -0.15) is 0 Å². The maximum absolute atomic E-state index is 11.6. The normalized spacial score (nSPS) is 27.1. The molecule has 0 N–H and O–H groups in total. The van der Waals surface area contributed by atoms with E-state index in [0.29, 0.717) is 37.9 Å². The zero-order valence-corrected chi connectivity index (χ0v) is 24.3. The molecule has 0 amide bonds. The third-order valence-electron chi connectivity index (χ3n) is 9.70. The molecular formula is C35H42O6. The number of carbonyl (C=O) groups is 2. The van der Waals surface area contributed by atoms with E-state index in [1.54, 1.807) is 0 Å². The van der Waals surface area contributed by atoms with E-state index >= 15 is 0 Å². The first-order chi connectivity index (χ1) is 19.9. The molecule has 0 saturated heterocycles. The van der Waals surface area contributed by atoms with E-state index in [4.69, 9.17) is 18.9 Å². The number of hydrogen-bond acceptors (Lipinski definition) is 6. The summed E-state index contributed by atoms with van der Waals surface area (Å²) in [5.41, 5.74) is 2.68. The second-order valence-electron chi connectivity index (χ2n) is 11.7. The highest BCUT2D eigenvalue weighted by Crippen LogP contribution is 2.70. The van der Waals surface area contributed by atoms with Crippen molar-refractivity contribution in [3.63, 3.8) is 0 Å². The van der Waals surface area contributed by atoms with E-state index in [1.807, 2.05) is 13.8 Å². The maximum Gasteiger partial charge on any atom is 0.330 e. The number of ether oxygens (including phenoxy) is 4. The van der Waals surface area contributed by atoms with Gasteiger partial charge in [-0.15, -0.1) is 0 Å². The Morgan fingerprint density at radius 1 is 0.805 bits per heavy atom. The Morgan fingerprint density at radius 2 is 1.29 bits per heavy atom. The van der Waals surface area contributed by atoms with Crippen LogP contribution < -0.4 is 9.47 Å². The molecule has 0 aliphatic heterocycles. The van der Waals surface area contributed by atoms with Crippen LogP contribution in [0, 0.1) is 23.7 Å². The van der Waals surface area contributed by atoms with Gasteiger partial charge in [-0.05, 0) is 97.6 Å². The van der Waals surface area contributed by atoms with Crippen LogP contribution >= 0.6 is 0 Å². The zero-order valence-electron chi connectivity index (χ0n) is 24.3. The molecule has 3 saturated carbocycles. The highest BCUT2D eigenvalue weighted by molar-refractivity contribution is 5.81. The average Bonchev–Trinajstić information content (AvgIpc) is 3.10. The summed E-state index contributed by atoms with van der Waals surface area (Å²) in [6.07, 6.45) is 8.26. The van der Waals surface area contributed by atoms with E-state index in [2.05, 4.69) is 61.7 Å². The van der Waals surface area contributed by atoms with Crippen molar-refractivity contribution in [3.05, 3.63) is 85.0 Å². The summed E-state index contributed by atoms with van der Waals surface area (Å²) in [7, 11) is 0. The average molecular weight is 559 g/mol. The van der Waals surface area contributed by atoms with Gasteiger partial charge in [0, 0.05) is 17.6 Å². The molecule has 6 heteroatoms. The van der Waals surface area contributed by atoms with Crippen molar-refractivity contribution in [3.8, 4) is 11.5 Å². The Balaban J connectivity index is 1.34. The van der Waals surface area contributed by atoms with E-state index in [-0.39, 0.29) is 17.6 Å². The van der Waals surface area contributed by atoms with Crippen LogP contribution in [0.5, 0.6) is 11.5 Å². The van der Waals surface area contributed by atoms with Gasteiger partial charge in [-0.25, -0.2) is 9.59 Å². The SMILES string of the molecule is C=CC(=O)OC(CC)COc1ccc(C2(c3ccc(OCC(CC)OC(=O)C=C)cc3)C3CCC4CC2C4C3)cc1. The number of benzene rings is 2. The predicted octanol–water partition coefficient (Wildman–Crippen LogP) is 6.81. The first kappa shape index (κ1) is 29.0. The summed E-state index contributed by atoms with van der Waals surface area (Å²) in [5.74, 6) is 3.62. The molecule has 3 fully saturated rings. The van der Waals surface area contributed by atoms with E-state index in [1.165, 1.54) is 49.0 Å². The third kappa shape index (κ3) is 5.66. The van der Waals surface area contributed by atoms with E-state index in [9.17, 15) is 9.59 Å². The first-order valence-electron chi connectivity index (χ1n) is 15.1. The Kier molecular flexibility index (Phi) is 8.86. The highest BCUT2D eigenvalue weighted by Gasteiger charge is 2.65. The fourth-order valence-corrected chi connectivity index (χ4v) is 7.59. The van der Waals surface area contributed by atoms with Gasteiger partial charge in [0.15, 0.2) is 0 Å². The lowest BCUT2D eigenvalue weighted by Gasteiger charge is -2.48. The second kappa shape index (κ2) is 12.5. The van der Waals surface area contributed by atoms with Crippen molar-refractivity contribution in [2.45, 2.75) is 70.0 Å². The van der Waals surface area contributed by atoms with Crippen molar-refractivity contribution in [2.24, 2.45) is 23.7 Å². The van der Waals surface area contributed by atoms with Crippen molar-refractivity contribution in [2.75, 3.05) is 13.2 Å². The minimum Gasteiger partial charge on any atom is -0.490 e. The molecule has 3 aliphatic carbocycles. The quantitative estimate of drug-likeness (QED) is 0.187. The highest BCUT2D eigenvalue weighted by atomic mass is 16.6. The molecule has 2 aromatic rings. The Labute approximate surface area is 243 Å². The van der Waals surface area contributed by atoms with Crippen LogP contribution in [0.4, 0.5) is 0 Å². The fourth-order valence-electron chi connectivity index (χ4n) is 7.59. The molecule has 3 aliphatic rings. The molecule has 2 aromatic carbocycles. The molecule has 218 valence electrons. The van der Waals surface area contributed by atoms with Crippen LogP contribution in [0.25, 0.3) is 0 Å². The summed E-state index contributed by atoms with van der Waals surface area (Å²) < 4.78 is 22.8. The monoisotopic (exact) mass is 558 g/mol. The second-order valence-corrected chi connectivity index (χ2v) is 11.7. The Hall–Kier alpha value is -3.54. The lowest BCUT2D eigenvalue weighted by molar-refractivity contribution is -0.145. The van der Waals surface area contributed by atoms with Gasteiger partial charge < -0.3 is 18.9 Å². The third-order valence-corrected chi connectivity index (χ3v) is 9.70. The number of hydrogen-bond donors (Lipinski definition) is 0. The number of carbonyl (C=O) groups excluding carboxylic acids is 2. The number of fused-ring (bicyclic) bond motifs is 1. The summed E-state index contributed by atoms with van der Waals surface area (Å²) in [6.45, 7) is 11.5. The maximum atomic E-state index is 11.6. The van der Waals surface area contributed by atoms with E-state index < -0.39 is 11.9 Å². The van der Waals surface area contributed by atoms with Gasteiger partial charge in [0.1, 0.15) is 36.9 Å². The molecule has 0 aromatic heterocycles. The Bertz CT molecular complexity index is 1150. The summed E-state index contributed by atoms with van der Waals surface area (Å²) in [4.78, 5) is 23.2. The van der Waals surface area contributed by atoms with Crippen LogP contribution in [-0.2, 0) is 24.5 Å². The van der Waals surface area contributed by atoms with Gasteiger partial charge in [0.25, 0.3) is 0 Å². The molecule has 0 radical (unpaired) electrons. The van der Waals surface area contributed by atoms with Crippen LogP contribution in [0.3, 0.4) is 0 Å². The number of rotatable bonds is 14. The minimum absolute atomic E-state index is 0.0222. The van der Waals surface area contributed by atoms with Crippen LogP contribution in [0.2, 0.25) is 0 Å². The van der Waals surface area contributed by atoms with Gasteiger partial charge in [0.05, 0.1) is 0 Å². The fraction of sp³-hybridized carbons (Fsp3) is 0.486. The summed E-state index contributed by atoms with van der Waals surface area (Å²) in [6, 6.07) is 17.2. The predicted molar refractivity (Wildman–Crippen MR) is 158 cm³/mol. The van der Waals surface area contributed by atoms with Gasteiger partial charge in [0.2, 0.25) is 0 Å². The molecule has 5 rings (SSSR count). The van der Waals surface area contributed by atoms with Gasteiger partial charge >= 0.3 is 11.9 Å². The molecular weight excluding hydrogens is 516 g/mol. The molecule has 0 spiro atoms. The van der Waals surface area contributed by atoms with Crippen molar-refractivity contribution in [1.82, 2.24) is 0 Å². The van der Waals surface area contributed by atoms with Crippen LogP contribution in [-0.4, -0.2) is 37.4 Å². The smallest absolute Gasteiger partial charge is 0.330 e. The first-order valence-corrected chi connectivity index (χ1v) is 15.1. The van der Waals surface area contributed by atoms with Crippen molar-refractivity contribution < 1.29 is 28.5 Å². The minimum atomic E-state index is -0.429. The Morgan fingerprint density at radius 3 is 1.71 bits per heavy atom. The summed E-state index contributed by atoms with van der Waals surface area (Å²) >= 11 is 0. The number of esters is 2. The largest absolute Gasteiger partial charge is 0.490 e. The summed E-state index contributed by atoms with van der Waals surface area (Å²) in [5, 5.41) is 0. The molecule has 6 unspecified atom stereocenters. The lowest BCUT2D eigenvalue weighted by Crippen LogP contribution is -2.43. The van der Waals surface area contributed by atoms with Crippen molar-refractivity contribution in [1.29, 1.82) is 0 Å². The molecule has 41 heavy (non-hydrogen) atoms. The van der Waals surface area contributed by atoms with Crippen molar-refractivity contribution >= 4 is 11.9 Å². The topological polar surface area (TPSA) is 71.1 Å². The van der Waals surface area contributed by atoms with E-state index in [0.717, 1.165) is 23.3 Å².